The molecule has 0 radical (unpaired) electrons. The molecule has 2 atom stereocenters. The average molecular weight is 331 g/mol. The van der Waals surface area contributed by atoms with Gasteiger partial charge < -0.3 is 0 Å². The highest BCUT2D eigenvalue weighted by Crippen LogP contribution is 2.47. The third-order valence-electron chi connectivity index (χ3n) is 3.78. The van der Waals surface area contributed by atoms with Gasteiger partial charge >= 0.3 is 0 Å². The van der Waals surface area contributed by atoms with E-state index >= 15 is 0 Å². The van der Waals surface area contributed by atoms with Gasteiger partial charge in [-0.2, -0.15) is 23.5 Å². The van der Waals surface area contributed by atoms with Crippen molar-refractivity contribution in [2.24, 2.45) is 0 Å². The Balaban J connectivity index is 2.36. The van der Waals surface area contributed by atoms with E-state index in [1.807, 2.05) is 0 Å². The van der Waals surface area contributed by atoms with Gasteiger partial charge in [-0.25, -0.2) is 0 Å². The Kier molecular flexibility index (Phi) is 6.91. The molecule has 0 spiro atoms. The fourth-order valence-electron chi connectivity index (χ4n) is 2.59. The van der Waals surface area contributed by atoms with Crippen LogP contribution in [0.1, 0.15) is 46.6 Å². The summed E-state index contributed by atoms with van der Waals surface area (Å²) in [6, 6.07) is 18.2. The Morgan fingerprint density at radius 3 is 1.23 bits per heavy atom. The first-order valence-corrected chi connectivity index (χ1v) is 10.1. The van der Waals surface area contributed by atoms with Crippen molar-refractivity contribution in [2.45, 2.75) is 38.2 Å². The summed E-state index contributed by atoms with van der Waals surface area (Å²) in [5, 5.41) is 1.02. The molecule has 0 saturated carbocycles. The van der Waals surface area contributed by atoms with Gasteiger partial charge in [0.25, 0.3) is 0 Å². The Bertz CT molecular complexity index is 504. The van der Waals surface area contributed by atoms with Gasteiger partial charge in [0.05, 0.1) is 0 Å². The van der Waals surface area contributed by atoms with Crippen molar-refractivity contribution in [2.75, 3.05) is 11.5 Å². The van der Waals surface area contributed by atoms with E-state index in [1.54, 1.807) is 0 Å². The molecule has 0 saturated heterocycles. The van der Waals surface area contributed by atoms with Crippen LogP contribution in [-0.4, -0.2) is 11.5 Å². The van der Waals surface area contributed by atoms with Gasteiger partial charge in [-0.05, 0) is 36.5 Å². The first-order valence-electron chi connectivity index (χ1n) is 8.02. The molecular formula is C20H26S2. The van der Waals surface area contributed by atoms with Crippen molar-refractivity contribution in [1.29, 1.82) is 0 Å². The highest BCUT2D eigenvalue weighted by molar-refractivity contribution is 8.03. The molecule has 0 amide bonds. The third kappa shape index (κ3) is 4.57. The highest BCUT2D eigenvalue weighted by Gasteiger charge is 2.24. The van der Waals surface area contributed by atoms with Gasteiger partial charge in [0, 0.05) is 10.5 Å². The predicted octanol–water partition coefficient (Wildman–Crippen LogP) is 6.59. The zero-order valence-electron chi connectivity index (χ0n) is 14.0. The number of hydrogen-bond donors (Lipinski definition) is 0. The van der Waals surface area contributed by atoms with Crippen LogP contribution in [0.2, 0.25) is 0 Å². The number of benzene rings is 2. The van der Waals surface area contributed by atoms with Gasteiger partial charge in [-0.15, -0.1) is 0 Å². The van der Waals surface area contributed by atoms with E-state index in [-0.39, 0.29) is 0 Å². The van der Waals surface area contributed by atoms with Gasteiger partial charge in [0.1, 0.15) is 0 Å². The molecule has 2 aromatic rings. The summed E-state index contributed by atoms with van der Waals surface area (Å²) in [6.45, 7) is 8.83. The van der Waals surface area contributed by atoms with Crippen molar-refractivity contribution in [3.63, 3.8) is 0 Å². The molecule has 0 nitrogen and oxygen atoms in total. The number of rotatable bonds is 7. The molecule has 0 unspecified atom stereocenters. The quantitative estimate of drug-likeness (QED) is 0.561. The summed E-state index contributed by atoms with van der Waals surface area (Å²) >= 11 is 4.12. The fourth-order valence-corrected chi connectivity index (χ4v) is 5.14. The molecule has 2 heteroatoms. The number of hydrogen-bond acceptors (Lipinski definition) is 2. The minimum Gasteiger partial charge on any atom is -0.153 e. The topological polar surface area (TPSA) is 0 Å². The number of thioether (sulfide) groups is 2. The van der Waals surface area contributed by atoms with Gasteiger partial charge in [-0.1, -0.05) is 73.5 Å². The zero-order chi connectivity index (χ0) is 15.9. The van der Waals surface area contributed by atoms with Crippen LogP contribution < -0.4 is 0 Å². The van der Waals surface area contributed by atoms with Crippen molar-refractivity contribution >= 4 is 23.5 Å². The second-order valence-electron chi connectivity index (χ2n) is 5.57. The molecular weight excluding hydrogens is 304 g/mol. The van der Waals surface area contributed by atoms with E-state index in [9.17, 15) is 0 Å². The lowest BCUT2D eigenvalue weighted by Gasteiger charge is -2.27. The molecule has 0 fully saturated rings. The molecule has 0 aliphatic carbocycles. The van der Waals surface area contributed by atoms with Crippen LogP contribution in [0.25, 0.3) is 0 Å². The SMILES string of the molecule is CCS[C@@H](c1ccc(C)cc1)[C@@H](SCC)c1ccc(C)cc1. The molecule has 2 aromatic carbocycles. The van der Waals surface area contributed by atoms with Gasteiger partial charge in [0.2, 0.25) is 0 Å². The zero-order valence-corrected chi connectivity index (χ0v) is 15.6. The molecule has 0 aliphatic rings. The van der Waals surface area contributed by atoms with Crippen LogP contribution in [0.4, 0.5) is 0 Å². The average Bonchev–Trinajstić information content (AvgIpc) is 2.53. The monoisotopic (exact) mass is 330 g/mol. The van der Waals surface area contributed by atoms with E-state index in [0.29, 0.717) is 10.5 Å². The molecule has 2 rings (SSSR count). The molecule has 118 valence electrons. The van der Waals surface area contributed by atoms with Crippen LogP contribution >= 0.6 is 23.5 Å². The second kappa shape index (κ2) is 8.69. The predicted molar refractivity (Wildman–Crippen MR) is 104 cm³/mol. The molecule has 0 aromatic heterocycles. The largest absolute Gasteiger partial charge is 0.153 e. The maximum Gasteiger partial charge on any atom is 0.0456 e. The molecule has 0 aliphatic heterocycles. The van der Waals surface area contributed by atoms with Gasteiger partial charge in [-0.3, -0.25) is 0 Å². The first-order chi connectivity index (χ1) is 10.7. The van der Waals surface area contributed by atoms with E-state index in [1.165, 1.54) is 22.3 Å². The molecule has 22 heavy (non-hydrogen) atoms. The van der Waals surface area contributed by atoms with E-state index < -0.39 is 0 Å². The van der Waals surface area contributed by atoms with Crippen molar-refractivity contribution < 1.29 is 0 Å². The Morgan fingerprint density at radius 1 is 0.636 bits per heavy atom. The summed E-state index contributed by atoms with van der Waals surface area (Å²) in [5.41, 5.74) is 5.56. The Morgan fingerprint density at radius 2 is 0.955 bits per heavy atom. The van der Waals surface area contributed by atoms with E-state index in [4.69, 9.17) is 0 Å². The third-order valence-corrected chi connectivity index (χ3v) is 6.43. The van der Waals surface area contributed by atoms with Crippen LogP contribution in [0.15, 0.2) is 48.5 Å². The normalized spacial score (nSPS) is 13.8. The summed E-state index contributed by atoms with van der Waals surface area (Å²) in [6.07, 6.45) is 0. The fraction of sp³-hybridized carbons (Fsp3) is 0.400. The summed E-state index contributed by atoms with van der Waals surface area (Å²) in [5.74, 6) is 2.29. The Labute approximate surface area is 144 Å². The number of aryl methyl sites for hydroxylation is 2. The minimum atomic E-state index is 0.512. The summed E-state index contributed by atoms with van der Waals surface area (Å²) < 4.78 is 0. The smallest absolute Gasteiger partial charge is 0.0456 e. The first kappa shape index (κ1) is 17.5. The lowest BCUT2D eigenvalue weighted by molar-refractivity contribution is 0.903. The summed E-state index contributed by atoms with van der Waals surface area (Å²) in [4.78, 5) is 0. The van der Waals surface area contributed by atoms with Gasteiger partial charge in [0.15, 0.2) is 0 Å². The van der Waals surface area contributed by atoms with E-state index in [0.717, 1.165) is 11.5 Å². The summed E-state index contributed by atoms with van der Waals surface area (Å²) in [7, 11) is 0. The van der Waals surface area contributed by atoms with Crippen molar-refractivity contribution in [3.8, 4) is 0 Å². The Hall–Kier alpha value is -0.860. The second-order valence-corrected chi connectivity index (χ2v) is 8.41. The van der Waals surface area contributed by atoms with Crippen LogP contribution in [0.5, 0.6) is 0 Å². The van der Waals surface area contributed by atoms with Crippen LogP contribution in [0.3, 0.4) is 0 Å². The van der Waals surface area contributed by atoms with Crippen LogP contribution in [0, 0.1) is 13.8 Å². The highest BCUT2D eigenvalue weighted by atomic mass is 32.2. The molecule has 0 heterocycles. The lowest BCUT2D eigenvalue weighted by Crippen LogP contribution is -2.07. The maximum atomic E-state index is 2.31. The van der Waals surface area contributed by atoms with Crippen LogP contribution in [-0.2, 0) is 0 Å². The minimum absolute atomic E-state index is 0.512. The standard InChI is InChI=1S/C20H26S2/c1-5-21-19(17-11-7-15(3)8-12-17)20(22-6-2)18-13-9-16(4)10-14-18/h7-14,19-20H,5-6H2,1-4H3/t19-,20-/m0/s1. The maximum absolute atomic E-state index is 2.31. The molecule has 0 bridgehead atoms. The van der Waals surface area contributed by atoms with E-state index in [2.05, 4.69) is 99.7 Å². The molecule has 0 N–H and O–H groups in total. The lowest BCUT2D eigenvalue weighted by atomic mass is 10.0. The van der Waals surface area contributed by atoms with Crippen molar-refractivity contribution in [3.05, 3.63) is 70.8 Å². The van der Waals surface area contributed by atoms with Crippen molar-refractivity contribution in [1.82, 2.24) is 0 Å².